The van der Waals surface area contributed by atoms with Crippen LogP contribution in [-0.4, -0.2) is 96.2 Å². The van der Waals surface area contributed by atoms with Gasteiger partial charge in [0.2, 0.25) is 11.5 Å². The lowest BCUT2D eigenvalue weighted by Gasteiger charge is -2.44. The first-order chi connectivity index (χ1) is 20.6. The van der Waals surface area contributed by atoms with Gasteiger partial charge in [-0.1, -0.05) is 5.16 Å². The number of hydrogen-bond donors (Lipinski definition) is 8. The molecule has 1 saturated carbocycles. The van der Waals surface area contributed by atoms with E-state index in [1.54, 1.807) is 0 Å². The Morgan fingerprint density at radius 2 is 1.89 bits per heavy atom. The Kier molecular flexibility index (Phi) is 8.96. The van der Waals surface area contributed by atoms with Crippen LogP contribution in [0.3, 0.4) is 0 Å². The Morgan fingerprint density at radius 1 is 1.20 bits per heavy atom. The number of carboxylic acid groups (broad SMARTS) is 1. The number of nitrogens with zero attached hydrogens (tertiary/aromatic N) is 4. The first-order valence-corrected chi connectivity index (χ1v) is 14.9. The summed E-state index contributed by atoms with van der Waals surface area (Å²) in [5.74, 6) is -4.50. The molecule has 4 amide bonds. The Labute approximate surface area is 250 Å². The van der Waals surface area contributed by atoms with E-state index in [4.69, 9.17) is 10.6 Å². The number of β-lactam (4-membered cyclic amide) rings is 1. The number of rotatable bonds is 11. The quantitative estimate of drug-likeness (QED) is 0.0424. The summed E-state index contributed by atoms with van der Waals surface area (Å²) < 4.78 is 33.5. The Hall–Kier alpha value is -4.96. The fourth-order valence-corrected chi connectivity index (χ4v) is 5.98. The zero-order valence-corrected chi connectivity index (χ0v) is 24.0. The number of oxime groups is 1. The summed E-state index contributed by atoms with van der Waals surface area (Å²) >= 11 is 0.917. The lowest BCUT2D eigenvalue weighted by atomic mass is 9.98. The summed E-state index contributed by atoms with van der Waals surface area (Å²) in [5, 5.41) is 40.7. The van der Waals surface area contributed by atoms with Gasteiger partial charge in [-0.25, -0.2) is 18.9 Å². The van der Waals surface area contributed by atoms with E-state index in [0.717, 1.165) is 23.5 Å². The molecular formula is C22H26N8O12S2. The second-order valence-corrected chi connectivity index (χ2v) is 11.8. The molecule has 2 atom stereocenters. The van der Waals surface area contributed by atoms with Crippen molar-refractivity contribution in [2.75, 3.05) is 12.3 Å². The van der Waals surface area contributed by atoms with E-state index in [1.807, 2.05) is 0 Å². The highest BCUT2D eigenvalue weighted by molar-refractivity contribution is 7.84. The van der Waals surface area contributed by atoms with Crippen LogP contribution in [0.5, 0.6) is 5.88 Å². The number of aliphatic carboxylic acids is 1. The number of amides is 4. The van der Waals surface area contributed by atoms with Gasteiger partial charge < -0.3 is 41.9 Å². The van der Waals surface area contributed by atoms with Crippen molar-refractivity contribution in [3.63, 3.8) is 0 Å². The van der Waals surface area contributed by atoms with Crippen LogP contribution in [0.1, 0.15) is 37.1 Å². The van der Waals surface area contributed by atoms with Gasteiger partial charge in [-0.05, 0) is 12.8 Å². The van der Waals surface area contributed by atoms with Gasteiger partial charge in [0.05, 0.1) is 18.3 Å². The van der Waals surface area contributed by atoms with E-state index in [-0.39, 0.29) is 38.4 Å². The highest BCUT2D eigenvalue weighted by Crippen LogP contribution is 2.34. The Bertz CT molecular complexity index is 1680. The second kappa shape index (κ2) is 12.3. The number of aromatic hydroxyl groups is 1. The molecule has 1 aliphatic carbocycles. The van der Waals surface area contributed by atoms with Gasteiger partial charge in [-0.2, -0.15) is 13.1 Å². The minimum atomic E-state index is -5.15. The van der Waals surface area contributed by atoms with E-state index < -0.39 is 81.9 Å². The maximum atomic E-state index is 13.3. The third-order valence-corrected chi connectivity index (χ3v) is 8.39. The molecule has 9 N–H and O–H groups in total. The monoisotopic (exact) mass is 658 g/mol. The summed E-state index contributed by atoms with van der Waals surface area (Å²) in [4.78, 5) is 70.9. The number of carbonyl (C=O) groups is 4. The number of thiazole rings is 1. The number of nitrogen functional groups attached to an aromatic ring is 1. The average molecular weight is 659 g/mol. The third-order valence-electron chi connectivity index (χ3n) is 6.77. The SMILES string of the molecule is Nc1nc(C(=NOC2(C(=O)O)CCCC2)C(=O)N[C@@H]2C(=O)N(S(=O)(=O)O)[C@@H]2CNC(=O)NCc2cc(=O)cc(O)n2O)cs1. The van der Waals surface area contributed by atoms with Gasteiger partial charge in [-0.15, -0.1) is 11.3 Å². The number of nitrogens with two attached hydrogens (primary N) is 1. The molecule has 2 aliphatic rings. The van der Waals surface area contributed by atoms with Crippen molar-refractivity contribution >= 4 is 56.3 Å². The first kappa shape index (κ1) is 32.0. The van der Waals surface area contributed by atoms with Gasteiger partial charge in [0.15, 0.2) is 16.3 Å². The number of carboxylic acids is 1. The summed E-state index contributed by atoms with van der Waals surface area (Å²) in [7, 11) is -5.15. The van der Waals surface area contributed by atoms with Crippen molar-refractivity contribution in [3.8, 4) is 5.88 Å². The van der Waals surface area contributed by atoms with Crippen molar-refractivity contribution in [2.45, 2.75) is 49.9 Å². The number of aromatic nitrogens is 2. The fourth-order valence-electron chi connectivity index (χ4n) is 4.55. The van der Waals surface area contributed by atoms with E-state index in [2.05, 4.69) is 26.1 Å². The fraction of sp³-hybridized carbons (Fsp3) is 0.409. The highest BCUT2D eigenvalue weighted by atomic mass is 32.2. The van der Waals surface area contributed by atoms with Gasteiger partial charge >= 0.3 is 22.3 Å². The molecular weight excluding hydrogens is 632 g/mol. The van der Waals surface area contributed by atoms with Gasteiger partial charge in [0, 0.05) is 36.9 Å². The standard InChI is InChI=1S/C22H26N8O12S2/c23-20-26-12(9-43-20)15(28-42-22(19(35)36)3-1-2-4-22)17(33)27-16-13(30(18(16)34)44(39,40)41)8-25-21(37)24-7-10-5-11(31)6-14(32)29(10)38/h5-6,9,13,16,32,38H,1-4,7-8H2,(H2,23,26)(H,27,33)(H,35,36)(H2,24,25,37)(H,39,40,41)/t13-,16+/m1/s1. The number of anilines is 1. The van der Waals surface area contributed by atoms with Crippen molar-refractivity contribution in [3.05, 3.63) is 39.1 Å². The normalized spacial score (nSPS) is 19.6. The molecule has 0 radical (unpaired) electrons. The van der Waals surface area contributed by atoms with Gasteiger partial charge in [-0.3, -0.25) is 18.9 Å². The molecule has 0 bridgehead atoms. The van der Waals surface area contributed by atoms with E-state index in [1.165, 1.54) is 5.38 Å². The second-order valence-electron chi connectivity index (χ2n) is 9.66. The van der Waals surface area contributed by atoms with Crippen LogP contribution in [0.2, 0.25) is 0 Å². The van der Waals surface area contributed by atoms with Crippen molar-refractivity contribution in [2.24, 2.45) is 5.16 Å². The van der Waals surface area contributed by atoms with Crippen molar-refractivity contribution < 1.29 is 52.4 Å². The Balaban J connectivity index is 1.49. The summed E-state index contributed by atoms with van der Waals surface area (Å²) in [5.41, 5.74) is 2.35. The average Bonchev–Trinajstić information content (AvgIpc) is 3.60. The molecule has 20 nitrogen and oxygen atoms in total. The minimum absolute atomic E-state index is 0.0172. The molecule has 4 rings (SSSR count). The molecule has 2 aromatic rings. The molecule has 0 unspecified atom stereocenters. The maximum Gasteiger partial charge on any atom is 0.362 e. The van der Waals surface area contributed by atoms with Crippen molar-refractivity contribution in [1.82, 2.24) is 30.0 Å². The van der Waals surface area contributed by atoms with Crippen LogP contribution in [-0.2, 0) is 36.1 Å². The predicted octanol–water partition coefficient (Wildman–Crippen LogP) is -2.05. The zero-order chi connectivity index (χ0) is 32.4. The smallest absolute Gasteiger partial charge is 0.362 e. The Morgan fingerprint density at radius 3 is 2.48 bits per heavy atom. The molecule has 0 aromatic carbocycles. The minimum Gasteiger partial charge on any atom is -0.492 e. The summed E-state index contributed by atoms with van der Waals surface area (Å²) in [6, 6.07) is -2.55. The van der Waals surface area contributed by atoms with E-state index in [0.29, 0.717) is 12.8 Å². The lowest BCUT2D eigenvalue weighted by Crippen LogP contribution is -2.74. The number of carbonyl (C=O) groups excluding carboxylic acids is 3. The molecule has 2 aromatic heterocycles. The first-order valence-electron chi connectivity index (χ1n) is 12.6. The van der Waals surface area contributed by atoms with Crippen molar-refractivity contribution in [1.29, 1.82) is 0 Å². The number of urea groups is 1. The highest BCUT2D eigenvalue weighted by Gasteiger charge is 2.54. The molecule has 0 spiro atoms. The van der Waals surface area contributed by atoms with Crippen LogP contribution in [0.25, 0.3) is 0 Å². The van der Waals surface area contributed by atoms with Crippen LogP contribution < -0.4 is 27.1 Å². The summed E-state index contributed by atoms with van der Waals surface area (Å²) in [6.45, 7) is -1.13. The number of nitrogens with one attached hydrogen (secondary N) is 3. The molecule has 1 aliphatic heterocycles. The topological polar surface area (TPSA) is 305 Å². The molecule has 238 valence electrons. The molecule has 1 saturated heterocycles. The van der Waals surface area contributed by atoms with E-state index >= 15 is 0 Å². The van der Waals surface area contributed by atoms with E-state index in [9.17, 15) is 52.4 Å². The zero-order valence-electron chi connectivity index (χ0n) is 22.4. The van der Waals surface area contributed by atoms with Crippen LogP contribution >= 0.6 is 11.3 Å². The number of pyridine rings is 1. The third kappa shape index (κ3) is 6.65. The van der Waals surface area contributed by atoms with Crippen LogP contribution in [0, 0.1) is 0 Å². The lowest BCUT2D eigenvalue weighted by molar-refractivity contribution is -0.165. The van der Waals surface area contributed by atoms with Crippen LogP contribution in [0.4, 0.5) is 9.93 Å². The molecule has 2 fully saturated rings. The molecule has 22 heteroatoms. The van der Waals surface area contributed by atoms with Gasteiger partial charge in [0.25, 0.3) is 11.8 Å². The molecule has 3 heterocycles. The maximum absolute atomic E-state index is 13.3. The number of hydrogen-bond acceptors (Lipinski definition) is 14. The summed E-state index contributed by atoms with van der Waals surface area (Å²) in [6.07, 6.45) is 1.29. The van der Waals surface area contributed by atoms with Gasteiger partial charge in [0.1, 0.15) is 11.7 Å². The van der Waals surface area contributed by atoms with Crippen LogP contribution in [0.15, 0.2) is 27.5 Å². The molecule has 44 heavy (non-hydrogen) atoms. The predicted molar refractivity (Wildman–Crippen MR) is 147 cm³/mol. The largest absolute Gasteiger partial charge is 0.492 e.